The highest BCUT2D eigenvalue weighted by Gasteiger charge is 2.21. The summed E-state index contributed by atoms with van der Waals surface area (Å²) in [5.74, 6) is 0.625. The van der Waals surface area contributed by atoms with Crippen LogP contribution in [0.15, 0.2) is 59.0 Å². The van der Waals surface area contributed by atoms with Crippen LogP contribution in [0.1, 0.15) is 35.8 Å². The van der Waals surface area contributed by atoms with E-state index in [2.05, 4.69) is 13.0 Å². The van der Waals surface area contributed by atoms with Gasteiger partial charge >= 0.3 is 0 Å². The van der Waals surface area contributed by atoms with Crippen molar-refractivity contribution in [3.63, 3.8) is 0 Å². The predicted molar refractivity (Wildman–Crippen MR) is 80.8 cm³/mol. The average Bonchev–Trinajstić information content (AvgIpc) is 2.89. The number of fused-ring (bicyclic) bond motifs is 1. The van der Waals surface area contributed by atoms with Gasteiger partial charge in [0, 0.05) is 11.3 Å². The number of hydrogen-bond donors (Lipinski definition) is 1. The van der Waals surface area contributed by atoms with Gasteiger partial charge in [-0.25, -0.2) is 0 Å². The Morgan fingerprint density at radius 1 is 1.00 bits per heavy atom. The van der Waals surface area contributed by atoms with Crippen molar-refractivity contribution in [3.05, 3.63) is 71.5 Å². The Kier molecular flexibility index (Phi) is 3.33. The third-order valence-electron chi connectivity index (χ3n) is 3.78. The first-order chi connectivity index (χ1) is 9.65. The molecule has 0 spiro atoms. The van der Waals surface area contributed by atoms with Gasteiger partial charge in [-0.05, 0) is 30.7 Å². The van der Waals surface area contributed by atoms with Crippen molar-refractivity contribution in [2.75, 3.05) is 0 Å². The molecule has 0 aliphatic carbocycles. The summed E-state index contributed by atoms with van der Waals surface area (Å²) in [5.41, 5.74) is 3.12. The highest BCUT2D eigenvalue weighted by molar-refractivity contribution is 5.78. The molecule has 3 rings (SSSR count). The zero-order valence-electron chi connectivity index (χ0n) is 11.7. The Balaban J connectivity index is 1.94. The van der Waals surface area contributed by atoms with E-state index in [-0.39, 0.29) is 5.92 Å². The third-order valence-corrected chi connectivity index (χ3v) is 3.78. The van der Waals surface area contributed by atoms with Gasteiger partial charge in [-0.15, -0.1) is 0 Å². The number of benzene rings is 2. The lowest BCUT2D eigenvalue weighted by Gasteiger charge is -2.17. The maximum absolute atomic E-state index is 10.5. The summed E-state index contributed by atoms with van der Waals surface area (Å²) >= 11 is 0. The van der Waals surface area contributed by atoms with Crippen molar-refractivity contribution in [1.29, 1.82) is 0 Å². The van der Waals surface area contributed by atoms with Crippen molar-refractivity contribution in [1.82, 2.24) is 0 Å². The fraction of sp³-hybridized carbons (Fsp3) is 0.222. The number of aliphatic hydroxyl groups excluding tert-OH is 1. The van der Waals surface area contributed by atoms with Gasteiger partial charge in [0.05, 0.1) is 0 Å². The molecular weight excluding hydrogens is 248 g/mol. The van der Waals surface area contributed by atoms with Gasteiger partial charge in [-0.2, -0.15) is 0 Å². The number of furan rings is 1. The summed E-state index contributed by atoms with van der Waals surface area (Å²) in [4.78, 5) is 0. The minimum Gasteiger partial charge on any atom is -0.458 e. The van der Waals surface area contributed by atoms with Crippen LogP contribution in [0, 0.1) is 6.92 Å². The average molecular weight is 266 g/mol. The highest BCUT2D eigenvalue weighted by atomic mass is 16.4. The summed E-state index contributed by atoms with van der Waals surface area (Å²) < 4.78 is 5.78. The predicted octanol–water partition coefficient (Wildman–Crippen LogP) is 4.58. The molecule has 0 amide bonds. The van der Waals surface area contributed by atoms with Crippen LogP contribution in [0.5, 0.6) is 0 Å². The number of aliphatic hydroxyl groups is 1. The van der Waals surface area contributed by atoms with Gasteiger partial charge in [-0.3, -0.25) is 0 Å². The van der Waals surface area contributed by atoms with E-state index in [1.54, 1.807) is 0 Å². The molecule has 1 aromatic heterocycles. The molecule has 0 fully saturated rings. The molecule has 0 bridgehead atoms. The van der Waals surface area contributed by atoms with Gasteiger partial charge in [0.1, 0.15) is 17.4 Å². The van der Waals surface area contributed by atoms with Crippen molar-refractivity contribution in [2.24, 2.45) is 0 Å². The summed E-state index contributed by atoms with van der Waals surface area (Å²) in [6.45, 7) is 4.06. The van der Waals surface area contributed by atoms with Crippen molar-refractivity contribution in [3.8, 4) is 0 Å². The molecule has 0 aliphatic heterocycles. The lowest BCUT2D eigenvalue weighted by atomic mass is 9.94. The van der Waals surface area contributed by atoms with Crippen LogP contribution in [0.4, 0.5) is 0 Å². The largest absolute Gasteiger partial charge is 0.458 e. The Morgan fingerprint density at radius 2 is 1.75 bits per heavy atom. The molecule has 20 heavy (non-hydrogen) atoms. The maximum Gasteiger partial charge on any atom is 0.134 e. The molecule has 0 saturated heterocycles. The number of rotatable bonds is 3. The van der Waals surface area contributed by atoms with E-state index in [1.807, 2.05) is 55.5 Å². The van der Waals surface area contributed by atoms with Gasteiger partial charge in [0.2, 0.25) is 0 Å². The standard InChI is InChI=1S/C18H18O2/c1-12-8-9-16-15(10-12)11-17(20-16)18(19)13(2)14-6-4-3-5-7-14/h3-11,13,18-19H,1-2H3. The summed E-state index contributed by atoms with van der Waals surface area (Å²) in [6.07, 6.45) is -0.634. The van der Waals surface area contributed by atoms with Crippen molar-refractivity contribution in [2.45, 2.75) is 25.9 Å². The summed E-state index contributed by atoms with van der Waals surface area (Å²) in [7, 11) is 0. The monoisotopic (exact) mass is 266 g/mol. The molecule has 0 saturated carbocycles. The van der Waals surface area contributed by atoms with E-state index in [9.17, 15) is 5.11 Å². The molecule has 2 unspecified atom stereocenters. The lowest BCUT2D eigenvalue weighted by molar-refractivity contribution is 0.128. The molecular formula is C18H18O2. The Bertz CT molecular complexity index is 713. The van der Waals surface area contributed by atoms with Gasteiger partial charge in [-0.1, -0.05) is 48.9 Å². The fourth-order valence-corrected chi connectivity index (χ4v) is 2.51. The maximum atomic E-state index is 10.5. The zero-order chi connectivity index (χ0) is 14.1. The van der Waals surface area contributed by atoms with Crippen LogP contribution in [0.25, 0.3) is 11.0 Å². The molecule has 0 aliphatic rings. The summed E-state index contributed by atoms with van der Waals surface area (Å²) in [5, 5.41) is 11.6. The Labute approximate surface area is 118 Å². The second-order valence-corrected chi connectivity index (χ2v) is 5.33. The second kappa shape index (κ2) is 5.14. The SMILES string of the molecule is Cc1ccc2oc(C(O)C(C)c3ccccc3)cc2c1. The van der Waals surface area contributed by atoms with Crippen LogP contribution in [-0.4, -0.2) is 5.11 Å². The molecule has 1 heterocycles. The summed E-state index contributed by atoms with van der Waals surface area (Å²) in [6, 6.07) is 18.0. The molecule has 102 valence electrons. The Hall–Kier alpha value is -2.06. The van der Waals surface area contributed by atoms with Crippen LogP contribution < -0.4 is 0 Å². The van der Waals surface area contributed by atoms with E-state index in [0.29, 0.717) is 5.76 Å². The molecule has 2 atom stereocenters. The van der Waals surface area contributed by atoms with E-state index in [0.717, 1.165) is 16.5 Å². The lowest BCUT2D eigenvalue weighted by Crippen LogP contribution is -2.06. The second-order valence-electron chi connectivity index (χ2n) is 5.33. The van der Waals surface area contributed by atoms with E-state index < -0.39 is 6.10 Å². The minimum absolute atomic E-state index is 0.00198. The van der Waals surface area contributed by atoms with Gasteiger partial charge in [0.25, 0.3) is 0 Å². The number of hydrogen-bond acceptors (Lipinski definition) is 2. The molecule has 3 aromatic rings. The molecule has 2 heteroatoms. The molecule has 2 nitrogen and oxygen atoms in total. The topological polar surface area (TPSA) is 33.4 Å². The minimum atomic E-state index is -0.634. The normalized spacial score (nSPS) is 14.3. The smallest absolute Gasteiger partial charge is 0.134 e. The van der Waals surface area contributed by atoms with E-state index >= 15 is 0 Å². The quantitative estimate of drug-likeness (QED) is 0.752. The molecule has 1 N–H and O–H groups in total. The van der Waals surface area contributed by atoms with Crippen LogP contribution in [0.3, 0.4) is 0 Å². The van der Waals surface area contributed by atoms with Gasteiger partial charge in [0.15, 0.2) is 0 Å². The number of aryl methyl sites for hydroxylation is 1. The zero-order valence-corrected chi connectivity index (χ0v) is 11.7. The highest BCUT2D eigenvalue weighted by Crippen LogP contribution is 2.33. The van der Waals surface area contributed by atoms with Crippen molar-refractivity contribution < 1.29 is 9.52 Å². The van der Waals surface area contributed by atoms with Crippen LogP contribution >= 0.6 is 0 Å². The first kappa shape index (κ1) is 12.9. The van der Waals surface area contributed by atoms with E-state index in [1.165, 1.54) is 5.56 Å². The van der Waals surface area contributed by atoms with E-state index in [4.69, 9.17) is 4.42 Å². The fourth-order valence-electron chi connectivity index (χ4n) is 2.51. The van der Waals surface area contributed by atoms with Crippen LogP contribution in [-0.2, 0) is 0 Å². The van der Waals surface area contributed by atoms with Crippen molar-refractivity contribution >= 4 is 11.0 Å². The molecule has 2 aromatic carbocycles. The van der Waals surface area contributed by atoms with Crippen LogP contribution in [0.2, 0.25) is 0 Å². The first-order valence-corrected chi connectivity index (χ1v) is 6.88. The van der Waals surface area contributed by atoms with Gasteiger partial charge < -0.3 is 9.52 Å². The third kappa shape index (κ3) is 2.35. The first-order valence-electron chi connectivity index (χ1n) is 6.88. The Morgan fingerprint density at radius 3 is 2.50 bits per heavy atom. The molecule has 0 radical (unpaired) electrons.